The van der Waals surface area contributed by atoms with Gasteiger partial charge in [0.2, 0.25) is 0 Å². The highest BCUT2D eigenvalue weighted by molar-refractivity contribution is 9.10. The molecule has 0 aliphatic carbocycles. The number of carbonyl (C=O) groups is 1. The number of amides is 1. The van der Waals surface area contributed by atoms with Gasteiger partial charge in [0.25, 0.3) is 5.91 Å². The Kier molecular flexibility index (Phi) is 5.15. The fourth-order valence-electron chi connectivity index (χ4n) is 1.74. The molecule has 1 amide bonds. The summed E-state index contributed by atoms with van der Waals surface area (Å²) in [6, 6.07) is 11.7. The third kappa shape index (κ3) is 4.05. The van der Waals surface area contributed by atoms with Crippen molar-refractivity contribution in [1.29, 1.82) is 0 Å². The Bertz CT molecular complexity index is 616. The van der Waals surface area contributed by atoms with Crippen LogP contribution >= 0.6 is 27.5 Å². The fraction of sp³-hybridized carbons (Fsp3) is 0.133. The van der Waals surface area contributed by atoms with Gasteiger partial charge in [-0.05, 0) is 42.3 Å². The third-order valence-corrected chi connectivity index (χ3v) is 3.53. The molecule has 0 saturated carbocycles. The molecule has 0 aliphatic heterocycles. The summed E-state index contributed by atoms with van der Waals surface area (Å²) in [7, 11) is 0. The first-order valence-corrected chi connectivity index (χ1v) is 7.21. The lowest BCUT2D eigenvalue weighted by Gasteiger charge is -2.07. The largest absolute Gasteiger partial charge is 0.352 e. The molecule has 2 rings (SSSR count). The average molecular weight is 357 g/mol. The van der Waals surface area contributed by atoms with Gasteiger partial charge in [0.1, 0.15) is 5.82 Å². The van der Waals surface area contributed by atoms with E-state index in [4.69, 9.17) is 11.6 Å². The van der Waals surface area contributed by atoms with Crippen molar-refractivity contribution < 1.29 is 9.18 Å². The van der Waals surface area contributed by atoms with Gasteiger partial charge in [0, 0.05) is 16.0 Å². The molecule has 0 aliphatic rings. The first kappa shape index (κ1) is 15.0. The van der Waals surface area contributed by atoms with Crippen molar-refractivity contribution in [2.45, 2.75) is 6.42 Å². The standard InChI is InChI=1S/C15H12BrClFNO/c16-11-3-6-14(18)13(9-11)15(20)19-8-7-10-1-4-12(17)5-2-10/h1-6,9H,7-8H2,(H,19,20). The maximum absolute atomic E-state index is 13.5. The van der Waals surface area contributed by atoms with E-state index in [0.717, 1.165) is 5.56 Å². The lowest BCUT2D eigenvalue weighted by atomic mass is 10.1. The van der Waals surface area contributed by atoms with Gasteiger partial charge in [0.05, 0.1) is 5.56 Å². The molecule has 1 N–H and O–H groups in total. The van der Waals surface area contributed by atoms with Gasteiger partial charge in [-0.2, -0.15) is 0 Å². The molecule has 5 heteroatoms. The summed E-state index contributed by atoms with van der Waals surface area (Å²) >= 11 is 9.01. The number of hydrogen-bond donors (Lipinski definition) is 1. The highest BCUT2D eigenvalue weighted by Gasteiger charge is 2.11. The van der Waals surface area contributed by atoms with Gasteiger partial charge in [-0.3, -0.25) is 4.79 Å². The Morgan fingerprint density at radius 1 is 1.20 bits per heavy atom. The molecule has 0 radical (unpaired) electrons. The minimum Gasteiger partial charge on any atom is -0.352 e. The van der Waals surface area contributed by atoms with Crippen molar-refractivity contribution in [2.75, 3.05) is 6.54 Å². The molecule has 0 bridgehead atoms. The molecule has 0 atom stereocenters. The Morgan fingerprint density at radius 3 is 2.60 bits per heavy atom. The smallest absolute Gasteiger partial charge is 0.254 e. The zero-order valence-electron chi connectivity index (χ0n) is 10.5. The summed E-state index contributed by atoms with van der Waals surface area (Å²) in [4.78, 5) is 11.9. The number of nitrogens with one attached hydrogen (secondary N) is 1. The molecule has 0 saturated heterocycles. The van der Waals surface area contributed by atoms with Gasteiger partial charge >= 0.3 is 0 Å². The number of rotatable bonds is 4. The van der Waals surface area contributed by atoms with Crippen LogP contribution in [-0.2, 0) is 6.42 Å². The van der Waals surface area contributed by atoms with Crippen LogP contribution in [0.15, 0.2) is 46.9 Å². The Morgan fingerprint density at radius 2 is 1.90 bits per heavy atom. The second-order valence-corrected chi connectivity index (χ2v) is 5.61. The molecule has 2 aromatic rings. The number of benzene rings is 2. The Labute approximate surface area is 130 Å². The molecule has 2 nitrogen and oxygen atoms in total. The number of halogens is 3. The van der Waals surface area contributed by atoms with Crippen LogP contribution < -0.4 is 5.32 Å². The van der Waals surface area contributed by atoms with E-state index in [1.165, 1.54) is 12.1 Å². The van der Waals surface area contributed by atoms with Crippen LogP contribution in [0.3, 0.4) is 0 Å². The molecule has 0 unspecified atom stereocenters. The van der Waals surface area contributed by atoms with Crippen molar-refractivity contribution >= 4 is 33.4 Å². The minimum atomic E-state index is -0.530. The second-order valence-electron chi connectivity index (χ2n) is 4.26. The van der Waals surface area contributed by atoms with E-state index < -0.39 is 11.7 Å². The first-order chi connectivity index (χ1) is 9.56. The Hall–Kier alpha value is -1.39. The second kappa shape index (κ2) is 6.86. The van der Waals surface area contributed by atoms with E-state index in [1.807, 2.05) is 12.1 Å². The fourth-order valence-corrected chi connectivity index (χ4v) is 2.23. The SMILES string of the molecule is O=C(NCCc1ccc(Cl)cc1)c1cc(Br)ccc1F. The van der Waals surface area contributed by atoms with Crippen LogP contribution in [0.4, 0.5) is 4.39 Å². The molecule has 0 spiro atoms. The highest BCUT2D eigenvalue weighted by atomic mass is 79.9. The van der Waals surface area contributed by atoms with E-state index >= 15 is 0 Å². The minimum absolute atomic E-state index is 0.0375. The lowest BCUT2D eigenvalue weighted by Crippen LogP contribution is -2.26. The topological polar surface area (TPSA) is 29.1 Å². The lowest BCUT2D eigenvalue weighted by molar-refractivity contribution is 0.0950. The summed E-state index contributed by atoms with van der Waals surface area (Å²) < 4.78 is 14.2. The summed E-state index contributed by atoms with van der Waals surface area (Å²) in [6.45, 7) is 0.437. The summed E-state index contributed by atoms with van der Waals surface area (Å²) in [5.41, 5.74) is 1.10. The van der Waals surface area contributed by atoms with Crippen molar-refractivity contribution in [3.05, 3.63) is 68.9 Å². The number of hydrogen-bond acceptors (Lipinski definition) is 1. The third-order valence-electron chi connectivity index (χ3n) is 2.79. The molecule has 104 valence electrons. The van der Waals surface area contributed by atoms with E-state index in [-0.39, 0.29) is 5.56 Å². The predicted molar refractivity (Wildman–Crippen MR) is 81.6 cm³/mol. The van der Waals surface area contributed by atoms with Crippen LogP contribution in [0.2, 0.25) is 5.02 Å². The predicted octanol–water partition coefficient (Wildman–Crippen LogP) is 4.21. The van der Waals surface area contributed by atoms with E-state index in [1.54, 1.807) is 18.2 Å². The normalized spacial score (nSPS) is 10.3. The monoisotopic (exact) mass is 355 g/mol. The quantitative estimate of drug-likeness (QED) is 0.873. The van der Waals surface area contributed by atoms with Crippen LogP contribution in [0, 0.1) is 5.82 Å². The molecular weight excluding hydrogens is 345 g/mol. The molecule has 0 fully saturated rings. The van der Waals surface area contributed by atoms with Gasteiger partial charge in [-0.15, -0.1) is 0 Å². The van der Waals surface area contributed by atoms with Crippen molar-refractivity contribution in [2.24, 2.45) is 0 Å². The van der Waals surface area contributed by atoms with Crippen molar-refractivity contribution in [3.8, 4) is 0 Å². The molecule has 0 heterocycles. The maximum Gasteiger partial charge on any atom is 0.254 e. The van der Waals surface area contributed by atoms with Gasteiger partial charge in [0.15, 0.2) is 0 Å². The van der Waals surface area contributed by atoms with Crippen LogP contribution in [0.5, 0.6) is 0 Å². The van der Waals surface area contributed by atoms with Crippen molar-refractivity contribution in [1.82, 2.24) is 5.32 Å². The molecule has 0 aromatic heterocycles. The molecule has 2 aromatic carbocycles. The summed E-state index contributed by atoms with van der Waals surface area (Å²) in [5, 5.41) is 3.37. The van der Waals surface area contributed by atoms with E-state index in [2.05, 4.69) is 21.2 Å². The number of carbonyl (C=O) groups excluding carboxylic acids is 1. The van der Waals surface area contributed by atoms with Crippen LogP contribution in [0.25, 0.3) is 0 Å². The first-order valence-electron chi connectivity index (χ1n) is 6.04. The molecular formula is C15H12BrClFNO. The zero-order chi connectivity index (χ0) is 14.5. The zero-order valence-corrected chi connectivity index (χ0v) is 12.8. The molecule has 20 heavy (non-hydrogen) atoms. The van der Waals surface area contributed by atoms with Gasteiger partial charge in [-0.25, -0.2) is 4.39 Å². The maximum atomic E-state index is 13.5. The van der Waals surface area contributed by atoms with E-state index in [0.29, 0.717) is 22.5 Å². The highest BCUT2D eigenvalue weighted by Crippen LogP contribution is 2.15. The summed E-state index contributed by atoms with van der Waals surface area (Å²) in [5.74, 6) is -0.949. The summed E-state index contributed by atoms with van der Waals surface area (Å²) in [6.07, 6.45) is 0.665. The van der Waals surface area contributed by atoms with Gasteiger partial charge in [-0.1, -0.05) is 39.7 Å². The van der Waals surface area contributed by atoms with Gasteiger partial charge < -0.3 is 5.32 Å². The van der Waals surface area contributed by atoms with E-state index in [9.17, 15) is 9.18 Å². The van der Waals surface area contributed by atoms with Crippen LogP contribution in [-0.4, -0.2) is 12.5 Å². The van der Waals surface area contributed by atoms with Crippen LogP contribution in [0.1, 0.15) is 15.9 Å². The van der Waals surface area contributed by atoms with Crippen molar-refractivity contribution in [3.63, 3.8) is 0 Å². The Balaban J connectivity index is 1.92. The average Bonchev–Trinajstić information content (AvgIpc) is 2.43.